The van der Waals surface area contributed by atoms with Crippen LogP contribution in [0.15, 0.2) is 24.3 Å². The fraction of sp³-hybridized carbons (Fsp3) is 0.529. The standard InChI is InChI=1S/C17H24FN5O/c1-13-19-20-17(21(13)2)12-23-9-7-22(8-10-23)11-16(24)14-5-3-4-6-15(14)18/h3-6,16,24H,7-12H2,1-2H3. The summed E-state index contributed by atoms with van der Waals surface area (Å²) in [5, 5.41) is 18.6. The van der Waals surface area contributed by atoms with Gasteiger partial charge >= 0.3 is 0 Å². The largest absolute Gasteiger partial charge is 0.387 e. The number of benzene rings is 1. The van der Waals surface area contributed by atoms with Crippen molar-refractivity contribution >= 4 is 0 Å². The Bertz CT molecular complexity index is 681. The minimum atomic E-state index is -0.792. The van der Waals surface area contributed by atoms with E-state index in [-0.39, 0.29) is 5.82 Å². The van der Waals surface area contributed by atoms with Crippen LogP contribution < -0.4 is 0 Å². The van der Waals surface area contributed by atoms with Gasteiger partial charge < -0.3 is 9.67 Å². The van der Waals surface area contributed by atoms with Crippen molar-refractivity contribution in [1.82, 2.24) is 24.6 Å². The van der Waals surface area contributed by atoms with Gasteiger partial charge in [-0.1, -0.05) is 18.2 Å². The third-order valence-electron chi connectivity index (χ3n) is 4.71. The molecular formula is C17H24FN5O. The van der Waals surface area contributed by atoms with Crippen LogP contribution in [0.4, 0.5) is 4.39 Å². The van der Waals surface area contributed by atoms with Crippen molar-refractivity contribution in [3.63, 3.8) is 0 Å². The van der Waals surface area contributed by atoms with Gasteiger partial charge in [-0.3, -0.25) is 9.80 Å². The van der Waals surface area contributed by atoms with E-state index in [0.717, 1.165) is 44.4 Å². The van der Waals surface area contributed by atoms with Crippen LogP contribution in [-0.2, 0) is 13.6 Å². The molecule has 0 aliphatic carbocycles. The number of nitrogens with zero attached hydrogens (tertiary/aromatic N) is 5. The van der Waals surface area contributed by atoms with E-state index >= 15 is 0 Å². The highest BCUT2D eigenvalue weighted by atomic mass is 19.1. The maximum absolute atomic E-state index is 13.7. The van der Waals surface area contributed by atoms with Crippen LogP contribution in [0.1, 0.15) is 23.3 Å². The predicted octanol–water partition coefficient (Wildman–Crippen LogP) is 1.11. The highest BCUT2D eigenvalue weighted by molar-refractivity contribution is 5.20. The number of aryl methyl sites for hydroxylation is 1. The first-order valence-electron chi connectivity index (χ1n) is 8.26. The van der Waals surface area contributed by atoms with E-state index < -0.39 is 6.10 Å². The van der Waals surface area contributed by atoms with Crippen LogP contribution in [0.25, 0.3) is 0 Å². The highest BCUT2D eigenvalue weighted by Crippen LogP contribution is 2.18. The van der Waals surface area contributed by atoms with Crippen LogP contribution in [0.5, 0.6) is 0 Å². The van der Waals surface area contributed by atoms with Gasteiger partial charge in [-0.2, -0.15) is 0 Å². The molecule has 1 atom stereocenters. The molecule has 7 heteroatoms. The Kier molecular flexibility index (Phi) is 5.23. The maximum atomic E-state index is 13.7. The van der Waals surface area contributed by atoms with Gasteiger partial charge in [-0.25, -0.2) is 4.39 Å². The SMILES string of the molecule is Cc1nnc(CN2CCN(CC(O)c3ccccc3F)CC2)n1C. The Hall–Kier alpha value is -1.83. The van der Waals surface area contributed by atoms with Crippen molar-refractivity contribution in [3.8, 4) is 0 Å². The van der Waals surface area contributed by atoms with Gasteiger partial charge in [0, 0.05) is 45.3 Å². The molecule has 1 aliphatic heterocycles. The molecule has 1 aromatic heterocycles. The fourth-order valence-corrected chi connectivity index (χ4v) is 3.01. The number of aliphatic hydroxyl groups excluding tert-OH is 1. The van der Waals surface area contributed by atoms with E-state index in [2.05, 4.69) is 20.0 Å². The molecular weight excluding hydrogens is 309 g/mol. The molecule has 0 spiro atoms. The lowest BCUT2D eigenvalue weighted by Crippen LogP contribution is -2.47. The molecule has 1 unspecified atom stereocenters. The number of halogens is 1. The molecule has 1 aliphatic rings. The van der Waals surface area contributed by atoms with E-state index in [0.29, 0.717) is 12.1 Å². The zero-order valence-electron chi connectivity index (χ0n) is 14.2. The fourth-order valence-electron chi connectivity index (χ4n) is 3.01. The zero-order chi connectivity index (χ0) is 17.1. The van der Waals surface area contributed by atoms with Crippen LogP contribution in [-0.4, -0.2) is 62.4 Å². The molecule has 24 heavy (non-hydrogen) atoms. The lowest BCUT2D eigenvalue weighted by atomic mass is 10.1. The smallest absolute Gasteiger partial charge is 0.146 e. The van der Waals surface area contributed by atoms with Crippen molar-refractivity contribution in [2.24, 2.45) is 7.05 Å². The number of aliphatic hydroxyl groups is 1. The molecule has 1 saturated heterocycles. The normalized spacial score (nSPS) is 18.0. The molecule has 3 rings (SSSR count). The van der Waals surface area contributed by atoms with Gasteiger partial charge in [0.15, 0.2) is 0 Å². The van der Waals surface area contributed by atoms with Crippen LogP contribution in [0.3, 0.4) is 0 Å². The van der Waals surface area contributed by atoms with Gasteiger partial charge in [-0.15, -0.1) is 10.2 Å². The second-order valence-corrected chi connectivity index (χ2v) is 6.34. The lowest BCUT2D eigenvalue weighted by molar-refractivity contribution is 0.0673. The van der Waals surface area contributed by atoms with E-state index in [1.807, 2.05) is 18.5 Å². The van der Waals surface area contributed by atoms with Crippen LogP contribution >= 0.6 is 0 Å². The minimum Gasteiger partial charge on any atom is -0.387 e. The summed E-state index contributed by atoms with van der Waals surface area (Å²) in [6, 6.07) is 6.42. The molecule has 1 aromatic carbocycles. The maximum Gasteiger partial charge on any atom is 0.146 e. The summed E-state index contributed by atoms with van der Waals surface area (Å²) in [6.07, 6.45) is -0.792. The molecule has 1 N–H and O–H groups in total. The Morgan fingerprint density at radius 1 is 1.12 bits per heavy atom. The summed E-state index contributed by atoms with van der Waals surface area (Å²) in [7, 11) is 1.98. The number of piperazine rings is 1. The molecule has 1 fully saturated rings. The molecule has 0 amide bonds. The highest BCUT2D eigenvalue weighted by Gasteiger charge is 2.22. The quantitative estimate of drug-likeness (QED) is 0.888. The monoisotopic (exact) mass is 333 g/mol. The predicted molar refractivity (Wildman–Crippen MR) is 88.8 cm³/mol. The van der Waals surface area contributed by atoms with Gasteiger partial charge in [0.1, 0.15) is 17.5 Å². The molecule has 0 saturated carbocycles. The van der Waals surface area contributed by atoms with Gasteiger partial charge in [-0.05, 0) is 13.0 Å². The van der Waals surface area contributed by atoms with E-state index in [1.54, 1.807) is 18.2 Å². The first kappa shape index (κ1) is 17.0. The number of hydrogen-bond acceptors (Lipinski definition) is 5. The second kappa shape index (κ2) is 7.38. The Labute approximate surface area is 141 Å². The summed E-state index contributed by atoms with van der Waals surface area (Å²) >= 11 is 0. The van der Waals surface area contributed by atoms with E-state index in [9.17, 15) is 9.50 Å². The van der Waals surface area contributed by atoms with Crippen molar-refractivity contribution in [2.45, 2.75) is 19.6 Å². The average molecular weight is 333 g/mol. The summed E-state index contributed by atoms with van der Waals surface area (Å²) in [6.45, 7) is 6.67. The number of rotatable bonds is 5. The van der Waals surface area contributed by atoms with Crippen molar-refractivity contribution in [3.05, 3.63) is 47.3 Å². The summed E-state index contributed by atoms with van der Waals surface area (Å²) < 4.78 is 15.7. The Balaban J connectivity index is 1.50. The first-order valence-corrected chi connectivity index (χ1v) is 8.26. The third kappa shape index (κ3) is 3.80. The number of β-amino-alcohol motifs (C(OH)–C–C–N with tert-alkyl or cyclic N) is 1. The van der Waals surface area contributed by atoms with Gasteiger partial charge in [0.2, 0.25) is 0 Å². The lowest BCUT2D eigenvalue weighted by Gasteiger charge is -2.35. The zero-order valence-corrected chi connectivity index (χ0v) is 14.2. The molecule has 130 valence electrons. The minimum absolute atomic E-state index is 0.346. The first-order chi connectivity index (χ1) is 11.5. The number of hydrogen-bond donors (Lipinski definition) is 1. The number of aromatic nitrogens is 3. The van der Waals surface area contributed by atoms with Gasteiger partial charge in [0.25, 0.3) is 0 Å². The van der Waals surface area contributed by atoms with Crippen LogP contribution in [0, 0.1) is 12.7 Å². The third-order valence-corrected chi connectivity index (χ3v) is 4.71. The summed E-state index contributed by atoms with van der Waals surface area (Å²) in [5.74, 6) is 1.53. The van der Waals surface area contributed by atoms with Gasteiger partial charge in [0.05, 0.1) is 12.6 Å². The second-order valence-electron chi connectivity index (χ2n) is 6.34. The average Bonchev–Trinajstić information content (AvgIpc) is 2.89. The summed E-state index contributed by atoms with van der Waals surface area (Å²) in [5.41, 5.74) is 0.370. The molecule has 2 heterocycles. The van der Waals surface area contributed by atoms with Crippen molar-refractivity contribution < 1.29 is 9.50 Å². The summed E-state index contributed by atoms with van der Waals surface area (Å²) in [4.78, 5) is 4.50. The Morgan fingerprint density at radius 3 is 2.42 bits per heavy atom. The van der Waals surface area contributed by atoms with Crippen molar-refractivity contribution in [1.29, 1.82) is 0 Å². The molecule has 6 nitrogen and oxygen atoms in total. The molecule has 2 aromatic rings. The molecule has 0 radical (unpaired) electrons. The topological polar surface area (TPSA) is 57.4 Å². The molecule has 0 bridgehead atoms. The van der Waals surface area contributed by atoms with Crippen LogP contribution in [0.2, 0.25) is 0 Å². The van der Waals surface area contributed by atoms with E-state index in [4.69, 9.17) is 0 Å². The van der Waals surface area contributed by atoms with E-state index in [1.165, 1.54) is 6.07 Å². The Morgan fingerprint density at radius 2 is 1.79 bits per heavy atom. The van der Waals surface area contributed by atoms with Crippen molar-refractivity contribution in [2.75, 3.05) is 32.7 Å².